The summed E-state index contributed by atoms with van der Waals surface area (Å²) in [7, 11) is -2.04. The van der Waals surface area contributed by atoms with Crippen molar-refractivity contribution in [1.82, 2.24) is 14.1 Å². The lowest BCUT2D eigenvalue weighted by molar-refractivity contribution is 0.276. The van der Waals surface area contributed by atoms with Crippen LogP contribution in [0.2, 0.25) is 0 Å². The Labute approximate surface area is 120 Å². The van der Waals surface area contributed by atoms with Gasteiger partial charge >= 0.3 is 0 Å². The van der Waals surface area contributed by atoms with Gasteiger partial charge in [0.05, 0.1) is 11.4 Å². The second-order valence-electron chi connectivity index (χ2n) is 5.02. The maximum absolute atomic E-state index is 12.6. The Hall–Kier alpha value is -1.18. The highest BCUT2D eigenvalue weighted by molar-refractivity contribution is 7.89. The molecule has 0 bridgehead atoms. The summed E-state index contributed by atoms with van der Waals surface area (Å²) in [5, 5.41) is 13.1. The molecule has 1 rings (SSSR count). The molecule has 1 N–H and O–H groups in total. The Balaban J connectivity index is 3.18. The Bertz CT molecular complexity index is 590. The summed E-state index contributed by atoms with van der Waals surface area (Å²) >= 11 is 0. The van der Waals surface area contributed by atoms with Crippen LogP contribution in [-0.2, 0) is 16.6 Å². The molecule has 0 aliphatic rings. The summed E-state index contributed by atoms with van der Waals surface area (Å²) in [5.74, 6) is 0. The van der Waals surface area contributed by atoms with Crippen LogP contribution in [0.5, 0.6) is 0 Å². The van der Waals surface area contributed by atoms with Gasteiger partial charge in [-0.05, 0) is 27.2 Å². The number of sulfonamides is 1. The number of aliphatic hydroxyl groups excluding tert-OH is 1. The smallest absolute Gasteiger partial charge is 0.246 e. The van der Waals surface area contributed by atoms with Crippen molar-refractivity contribution in [1.29, 1.82) is 0 Å². The summed E-state index contributed by atoms with van der Waals surface area (Å²) in [6, 6.07) is 0. The molecule has 1 heterocycles. The maximum Gasteiger partial charge on any atom is 0.246 e. The van der Waals surface area contributed by atoms with Crippen LogP contribution in [0.4, 0.5) is 0 Å². The number of aromatic nitrogens is 2. The van der Waals surface area contributed by atoms with Crippen molar-refractivity contribution in [3.8, 4) is 0 Å². The molecular weight excluding hydrogens is 278 g/mol. The number of hydrogen-bond acceptors (Lipinski definition) is 4. The zero-order chi connectivity index (χ0) is 15.5. The predicted octanol–water partition coefficient (Wildman–Crippen LogP) is 1.08. The fourth-order valence-electron chi connectivity index (χ4n) is 2.11. The van der Waals surface area contributed by atoms with E-state index in [1.165, 1.54) is 11.4 Å². The zero-order valence-corrected chi connectivity index (χ0v) is 13.4. The highest BCUT2D eigenvalue weighted by Crippen LogP contribution is 2.23. The van der Waals surface area contributed by atoms with Crippen LogP contribution in [-0.4, -0.2) is 47.8 Å². The van der Waals surface area contributed by atoms with Crippen LogP contribution in [0.3, 0.4) is 0 Å². The van der Waals surface area contributed by atoms with Crippen LogP contribution in [0.1, 0.15) is 24.7 Å². The van der Waals surface area contributed by atoms with E-state index in [2.05, 4.69) is 11.7 Å². The van der Waals surface area contributed by atoms with Crippen LogP contribution in [0.15, 0.2) is 17.0 Å². The normalized spacial score (nSPS) is 12.1. The van der Waals surface area contributed by atoms with E-state index in [0.29, 0.717) is 24.4 Å². The molecule has 0 spiro atoms. The average Bonchev–Trinajstić information content (AvgIpc) is 2.61. The fourth-order valence-corrected chi connectivity index (χ4v) is 3.71. The summed E-state index contributed by atoms with van der Waals surface area (Å²) < 4.78 is 28.1. The van der Waals surface area contributed by atoms with Gasteiger partial charge in [-0.2, -0.15) is 9.40 Å². The molecule has 0 saturated heterocycles. The molecule has 0 saturated carbocycles. The van der Waals surface area contributed by atoms with Crippen LogP contribution in [0.25, 0.3) is 0 Å². The van der Waals surface area contributed by atoms with E-state index in [0.717, 1.165) is 5.57 Å². The SMILES string of the molecule is C=C(C)CN(C)S(=O)(=O)c1c(C)nn(CCCO)c1C. The molecule has 20 heavy (non-hydrogen) atoms. The summed E-state index contributed by atoms with van der Waals surface area (Å²) in [6.45, 7) is 9.78. The third kappa shape index (κ3) is 3.47. The fraction of sp³-hybridized carbons (Fsp3) is 0.615. The van der Waals surface area contributed by atoms with Gasteiger partial charge in [0.25, 0.3) is 0 Å². The minimum absolute atomic E-state index is 0.0516. The first-order valence-corrected chi connectivity index (χ1v) is 7.91. The van der Waals surface area contributed by atoms with E-state index in [-0.39, 0.29) is 18.0 Å². The van der Waals surface area contributed by atoms with Gasteiger partial charge in [-0.3, -0.25) is 4.68 Å². The molecule has 7 heteroatoms. The Kier molecular flexibility index (Phi) is 5.50. The van der Waals surface area contributed by atoms with Crippen molar-refractivity contribution in [2.45, 2.75) is 38.6 Å². The Morgan fingerprint density at radius 3 is 2.55 bits per heavy atom. The minimum Gasteiger partial charge on any atom is -0.396 e. The van der Waals surface area contributed by atoms with Gasteiger partial charge in [-0.15, -0.1) is 0 Å². The second kappa shape index (κ2) is 6.51. The molecule has 6 nitrogen and oxygen atoms in total. The minimum atomic E-state index is -3.57. The Morgan fingerprint density at radius 2 is 2.05 bits per heavy atom. The van der Waals surface area contributed by atoms with Crippen LogP contribution < -0.4 is 0 Å². The predicted molar refractivity (Wildman–Crippen MR) is 78.0 cm³/mol. The van der Waals surface area contributed by atoms with Crippen molar-refractivity contribution in [2.75, 3.05) is 20.2 Å². The molecule has 0 fully saturated rings. The third-order valence-electron chi connectivity index (χ3n) is 3.00. The molecule has 0 amide bonds. The number of aliphatic hydroxyl groups is 1. The van der Waals surface area contributed by atoms with Crippen molar-refractivity contribution < 1.29 is 13.5 Å². The van der Waals surface area contributed by atoms with Gasteiger partial charge < -0.3 is 5.11 Å². The van der Waals surface area contributed by atoms with Crippen molar-refractivity contribution >= 4 is 10.0 Å². The van der Waals surface area contributed by atoms with E-state index >= 15 is 0 Å². The largest absolute Gasteiger partial charge is 0.396 e. The monoisotopic (exact) mass is 301 g/mol. The quantitative estimate of drug-likeness (QED) is 0.765. The van der Waals surface area contributed by atoms with Crippen LogP contribution >= 0.6 is 0 Å². The lowest BCUT2D eigenvalue weighted by Gasteiger charge is -2.17. The number of hydrogen-bond donors (Lipinski definition) is 1. The molecule has 1 aromatic rings. The number of likely N-dealkylation sites (N-methyl/N-ethyl adjacent to an activating group) is 1. The van der Waals surface area contributed by atoms with Crippen molar-refractivity contribution in [2.24, 2.45) is 0 Å². The summed E-state index contributed by atoms with van der Waals surface area (Å²) in [6.07, 6.45) is 0.545. The number of rotatable bonds is 7. The molecule has 0 unspecified atom stereocenters. The topological polar surface area (TPSA) is 75.4 Å². The number of nitrogens with zero attached hydrogens (tertiary/aromatic N) is 3. The van der Waals surface area contributed by atoms with Gasteiger partial charge in [-0.25, -0.2) is 8.42 Å². The first-order chi connectivity index (χ1) is 9.21. The highest BCUT2D eigenvalue weighted by atomic mass is 32.2. The van der Waals surface area contributed by atoms with Gasteiger partial charge in [0.2, 0.25) is 10.0 Å². The van der Waals surface area contributed by atoms with E-state index in [4.69, 9.17) is 5.11 Å². The van der Waals surface area contributed by atoms with Gasteiger partial charge in [-0.1, -0.05) is 12.2 Å². The second-order valence-corrected chi connectivity index (χ2v) is 7.00. The van der Waals surface area contributed by atoms with Crippen molar-refractivity contribution in [3.05, 3.63) is 23.5 Å². The van der Waals surface area contributed by atoms with E-state index in [9.17, 15) is 8.42 Å². The van der Waals surface area contributed by atoms with Gasteiger partial charge in [0, 0.05) is 26.7 Å². The van der Waals surface area contributed by atoms with E-state index in [1.54, 1.807) is 25.5 Å². The first-order valence-electron chi connectivity index (χ1n) is 6.47. The lowest BCUT2D eigenvalue weighted by Crippen LogP contribution is -2.29. The van der Waals surface area contributed by atoms with Crippen LogP contribution in [0, 0.1) is 13.8 Å². The molecule has 0 aliphatic carbocycles. The molecule has 0 atom stereocenters. The third-order valence-corrected chi connectivity index (χ3v) is 5.06. The Morgan fingerprint density at radius 1 is 1.45 bits per heavy atom. The van der Waals surface area contributed by atoms with E-state index in [1.807, 2.05) is 0 Å². The standard InChI is InChI=1S/C13H23N3O3S/c1-10(2)9-15(5)20(18,19)13-11(3)14-16(12(13)4)7-6-8-17/h17H,1,6-9H2,2-5H3. The lowest BCUT2D eigenvalue weighted by atomic mass is 10.4. The molecule has 0 aliphatic heterocycles. The molecule has 0 radical (unpaired) electrons. The molecular formula is C13H23N3O3S. The van der Waals surface area contributed by atoms with E-state index < -0.39 is 10.0 Å². The zero-order valence-electron chi connectivity index (χ0n) is 12.5. The maximum atomic E-state index is 12.6. The highest BCUT2D eigenvalue weighted by Gasteiger charge is 2.28. The number of aryl methyl sites for hydroxylation is 2. The van der Waals surface area contributed by atoms with Gasteiger partial charge in [0.1, 0.15) is 4.90 Å². The first kappa shape index (κ1) is 16.9. The van der Waals surface area contributed by atoms with Gasteiger partial charge in [0.15, 0.2) is 0 Å². The molecule has 1 aromatic heterocycles. The molecule has 0 aromatic carbocycles. The molecule has 114 valence electrons. The summed E-state index contributed by atoms with van der Waals surface area (Å²) in [5.41, 5.74) is 1.86. The average molecular weight is 301 g/mol. The van der Waals surface area contributed by atoms with Crippen molar-refractivity contribution in [3.63, 3.8) is 0 Å². The summed E-state index contributed by atoms with van der Waals surface area (Å²) in [4.78, 5) is 0.249.